The average molecular weight is 302 g/mol. The van der Waals surface area contributed by atoms with E-state index in [1.54, 1.807) is 23.1 Å². The van der Waals surface area contributed by atoms with Gasteiger partial charge in [-0.2, -0.15) is 0 Å². The molecule has 0 saturated heterocycles. The lowest BCUT2D eigenvalue weighted by Crippen LogP contribution is -1.89. The summed E-state index contributed by atoms with van der Waals surface area (Å²) in [5.41, 5.74) is 2.11. The van der Waals surface area contributed by atoms with Crippen LogP contribution in [0.15, 0.2) is 46.9 Å². The first kappa shape index (κ1) is 13.4. The maximum Gasteiger partial charge on any atom is 0.151 e. The number of thioether (sulfide) groups is 1. The Morgan fingerprint density at radius 1 is 1.25 bits per heavy atom. The van der Waals surface area contributed by atoms with E-state index in [1.165, 1.54) is 4.70 Å². The molecule has 3 rings (SSSR count). The number of ether oxygens (including phenoxy) is 1. The third kappa shape index (κ3) is 3.11. The van der Waals surface area contributed by atoms with Crippen LogP contribution in [0.1, 0.15) is 12.6 Å². The molecule has 2 aromatic heterocycles. The van der Waals surface area contributed by atoms with Crippen molar-refractivity contribution in [3.05, 3.63) is 48.3 Å². The van der Waals surface area contributed by atoms with Crippen LogP contribution in [0.3, 0.4) is 0 Å². The summed E-state index contributed by atoms with van der Waals surface area (Å²) in [5.74, 6) is 1.75. The number of benzene rings is 1. The van der Waals surface area contributed by atoms with E-state index in [2.05, 4.69) is 16.0 Å². The number of fused-ring (bicyclic) bond motifs is 1. The maximum atomic E-state index is 5.51. The van der Waals surface area contributed by atoms with Crippen molar-refractivity contribution in [3.8, 4) is 5.75 Å². The lowest BCUT2D eigenvalue weighted by Gasteiger charge is -2.00. The zero-order valence-electron chi connectivity index (χ0n) is 11.1. The highest BCUT2D eigenvalue weighted by Gasteiger charge is 2.06. The lowest BCUT2D eigenvalue weighted by molar-refractivity contribution is 0.341. The molecule has 2 heterocycles. The average Bonchev–Trinajstić information content (AvgIpc) is 2.89. The quantitative estimate of drug-likeness (QED) is 0.655. The number of nitrogens with zero attached hydrogens (tertiary/aromatic N) is 2. The van der Waals surface area contributed by atoms with Gasteiger partial charge in [0.25, 0.3) is 0 Å². The zero-order chi connectivity index (χ0) is 13.8. The molecular weight excluding hydrogens is 288 g/mol. The van der Waals surface area contributed by atoms with Gasteiger partial charge in [0, 0.05) is 11.9 Å². The Morgan fingerprint density at radius 2 is 2.20 bits per heavy atom. The van der Waals surface area contributed by atoms with Gasteiger partial charge in [-0.15, -0.1) is 11.3 Å². The van der Waals surface area contributed by atoms with Gasteiger partial charge in [0.2, 0.25) is 0 Å². The molecule has 0 atom stereocenters. The molecule has 0 aliphatic carbocycles. The summed E-state index contributed by atoms with van der Waals surface area (Å²) in [7, 11) is 0. The fourth-order valence-corrected chi connectivity index (χ4v) is 3.83. The van der Waals surface area contributed by atoms with E-state index in [0.717, 1.165) is 27.1 Å². The minimum Gasteiger partial charge on any atom is -0.494 e. The first-order valence-electron chi connectivity index (χ1n) is 6.41. The molecular formula is C15H14N2OS2. The summed E-state index contributed by atoms with van der Waals surface area (Å²) in [6.07, 6.45) is 1.82. The van der Waals surface area contributed by atoms with Gasteiger partial charge in [-0.1, -0.05) is 17.8 Å². The lowest BCUT2D eigenvalue weighted by atomic mass is 10.3. The van der Waals surface area contributed by atoms with E-state index in [1.807, 2.05) is 43.5 Å². The summed E-state index contributed by atoms with van der Waals surface area (Å²) in [6.45, 7) is 2.68. The Morgan fingerprint density at radius 3 is 3.00 bits per heavy atom. The molecule has 0 unspecified atom stereocenters. The van der Waals surface area contributed by atoms with Crippen molar-refractivity contribution in [2.24, 2.45) is 0 Å². The van der Waals surface area contributed by atoms with Crippen LogP contribution in [-0.2, 0) is 5.75 Å². The van der Waals surface area contributed by atoms with Gasteiger partial charge in [-0.3, -0.25) is 4.98 Å². The molecule has 20 heavy (non-hydrogen) atoms. The van der Waals surface area contributed by atoms with Crippen LogP contribution in [0.5, 0.6) is 5.75 Å². The van der Waals surface area contributed by atoms with Crippen molar-refractivity contribution in [1.82, 2.24) is 9.97 Å². The number of thiazole rings is 1. The minimum absolute atomic E-state index is 0.686. The van der Waals surface area contributed by atoms with Gasteiger partial charge < -0.3 is 4.74 Å². The molecule has 0 bridgehead atoms. The van der Waals surface area contributed by atoms with Gasteiger partial charge >= 0.3 is 0 Å². The highest BCUT2D eigenvalue weighted by Crippen LogP contribution is 2.33. The van der Waals surface area contributed by atoms with Gasteiger partial charge in [0.1, 0.15) is 5.75 Å². The third-order valence-corrected chi connectivity index (χ3v) is 4.92. The van der Waals surface area contributed by atoms with E-state index in [0.29, 0.717) is 6.61 Å². The monoisotopic (exact) mass is 302 g/mol. The molecule has 0 N–H and O–H groups in total. The molecule has 3 aromatic rings. The number of rotatable bonds is 5. The molecule has 0 aliphatic heterocycles. The van der Waals surface area contributed by atoms with Gasteiger partial charge in [-0.05, 0) is 37.3 Å². The number of pyridine rings is 1. The number of hydrogen-bond acceptors (Lipinski definition) is 5. The highest BCUT2D eigenvalue weighted by molar-refractivity contribution is 8.00. The number of hydrogen-bond donors (Lipinski definition) is 0. The van der Waals surface area contributed by atoms with E-state index >= 15 is 0 Å². The van der Waals surface area contributed by atoms with Crippen molar-refractivity contribution in [3.63, 3.8) is 0 Å². The standard InChI is InChI=1S/C15H14N2OS2/c1-2-18-12-6-7-13-14(9-12)20-15(17-13)19-10-11-5-3-4-8-16-11/h3-9H,2,10H2,1H3. The molecule has 0 amide bonds. The molecule has 5 heteroatoms. The molecule has 0 aliphatic rings. The second-order valence-electron chi connectivity index (χ2n) is 4.15. The van der Waals surface area contributed by atoms with Gasteiger partial charge in [-0.25, -0.2) is 4.98 Å². The van der Waals surface area contributed by atoms with Crippen LogP contribution in [-0.4, -0.2) is 16.6 Å². The van der Waals surface area contributed by atoms with Gasteiger partial charge in [0.15, 0.2) is 4.34 Å². The van der Waals surface area contributed by atoms with Crippen molar-refractivity contribution in [1.29, 1.82) is 0 Å². The highest BCUT2D eigenvalue weighted by atomic mass is 32.2. The Labute approximate surface area is 126 Å². The predicted molar refractivity (Wildman–Crippen MR) is 84.6 cm³/mol. The summed E-state index contributed by atoms with van der Waals surface area (Å²) in [4.78, 5) is 8.95. The molecule has 3 nitrogen and oxygen atoms in total. The van der Waals surface area contributed by atoms with Crippen LogP contribution >= 0.6 is 23.1 Å². The fourth-order valence-electron chi connectivity index (χ4n) is 1.82. The van der Waals surface area contributed by atoms with E-state index in [-0.39, 0.29) is 0 Å². The second-order valence-corrected chi connectivity index (χ2v) is 6.41. The minimum atomic E-state index is 0.686. The topological polar surface area (TPSA) is 35.0 Å². The fraction of sp³-hybridized carbons (Fsp3) is 0.200. The van der Waals surface area contributed by atoms with E-state index in [9.17, 15) is 0 Å². The Kier molecular flexibility index (Phi) is 4.18. The third-order valence-electron chi connectivity index (χ3n) is 2.72. The molecule has 1 aromatic carbocycles. The maximum absolute atomic E-state index is 5.51. The molecule has 0 saturated carbocycles. The zero-order valence-corrected chi connectivity index (χ0v) is 12.7. The molecule has 0 radical (unpaired) electrons. The summed E-state index contributed by atoms with van der Waals surface area (Å²) < 4.78 is 7.75. The smallest absolute Gasteiger partial charge is 0.151 e. The summed E-state index contributed by atoms with van der Waals surface area (Å²) in [6, 6.07) is 12.0. The predicted octanol–water partition coefficient (Wildman–Crippen LogP) is 4.38. The first-order chi connectivity index (χ1) is 9.85. The Bertz CT molecular complexity index is 697. The van der Waals surface area contributed by atoms with Crippen LogP contribution in [0.2, 0.25) is 0 Å². The first-order valence-corrected chi connectivity index (χ1v) is 8.21. The Hall–Kier alpha value is -1.59. The van der Waals surface area contributed by atoms with Crippen LogP contribution in [0.25, 0.3) is 10.2 Å². The van der Waals surface area contributed by atoms with Crippen LogP contribution in [0, 0.1) is 0 Å². The van der Waals surface area contributed by atoms with Crippen molar-refractivity contribution in [2.75, 3.05) is 6.61 Å². The molecule has 0 fully saturated rings. The van der Waals surface area contributed by atoms with Crippen molar-refractivity contribution < 1.29 is 4.74 Å². The number of aromatic nitrogens is 2. The summed E-state index contributed by atoms with van der Waals surface area (Å²) in [5, 5.41) is 0. The second kappa shape index (κ2) is 6.24. The van der Waals surface area contributed by atoms with Crippen molar-refractivity contribution >= 4 is 33.3 Å². The molecule has 102 valence electrons. The molecule has 0 spiro atoms. The Balaban J connectivity index is 1.75. The van der Waals surface area contributed by atoms with Crippen LogP contribution < -0.4 is 4.74 Å². The normalized spacial score (nSPS) is 10.8. The van der Waals surface area contributed by atoms with Crippen molar-refractivity contribution in [2.45, 2.75) is 17.0 Å². The van der Waals surface area contributed by atoms with Crippen LogP contribution in [0.4, 0.5) is 0 Å². The summed E-state index contributed by atoms with van der Waals surface area (Å²) >= 11 is 3.42. The van der Waals surface area contributed by atoms with E-state index < -0.39 is 0 Å². The van der Waals surface area contributed by atoms with E-state index in [4.69, 9.17) is 4.74 Å². The van der Waals surface area contributed by atoms with Gasteiger partial charge in [0.05, 0.1) is 22.5 Å². The SMILES string of the molecule is CCOc1ccc2nc(SCc3ccccn3)sc2c1. The largest absolute Gasteiger partial charge is 0.494 e.